The lowest BCUT2D eigenvalue weighted by Crippen LogP contribution is -2.52. The molecule has 0 aliphatic heterocycles. The molecule has 0 radical (unpaired) electrons. The molecule has 4 nitrogen and oxygen atoms in total. The fourth-order valence-electron chi connectivity index (χ4n) is 2.37. The third kappa shape index (κ3) is 3.61. The smallest absolute Gasteiger partial charge is 0.241 e. The first-order valence-electron chi connectivity index (χ1n) is 7.22. The molecule has 1 aromatic heterocycles. The second kappa shape index (κ2) is 6.13. The molecule has 1 fully saturated rings. The van der Waals surface area contributed by atoms with Crippen LogP contribution < -0.4 is 10.0 Å². The van der Waals surface area contributed by atoms with Gasteiger partial charge in [-0.1, -0.05) is 20.8 Å². The van der Waals surface area contributed by atoms with E-state index in [9.17, 15) is 8.42 Å². The maximum Gasteiger partial charge on any atom is 0.241 e. The quantitative estimate of drug-likeness (QED) is 0.813. The van der Waals surface area contributed by atoms with Gasteiger partial charge in [0, 0.05) is 28.4 Å². The average molecular weight is 316 g/mol. The lowest BCUT2D eigenvalue weighted by Gasteiger charge is -2.41. The van der Waals surface area contributed by atoms with Gasteiger partial charge in [-0.2, -0.15) is 0 Å². The van der Waals surface area contributed by atoms with Gasteiger partial charge in [-0.05, 0) is 31.7 Å². The molecule has 6 heteroatoms. The molecule has 2 N–H and O–H groups in total. The lowest BCUT2D eigenvalue weighted by molar-refractivity contribution is 0.214. The molecule has 0 amide bonds. The van der Waals surface area contributed by atoms with Crippen LogP contribution in [0.4, 0.5) is 0 Å². The molecule has 1 aliphatic carbocycles. The van der Waals surface area contributed by atoms with Gasteiger partial charge in [0.15, 0.2) is 0 Å². The maximum absolute atomic E-state index is 12.4. The number of hydrogen-bond donors (Lipinski definition) is 2. The summed E-state index contributed by atoms with van der Waals surface area (Å²) in [7, 11) is -3.38. The summed E-state index contributed by atoms with van der Waals surface area (Å²) in [4.78, 5) is 1.46. The minimum absolute atomic E-state index is 0.197. The Morgan fingerprint density at radius 2 is 2.10 bits per heavy atom. The fourth-order valence-corrected chi connectivity index (χ4v) is 5.13. The Bertz CT molecular complexity index is 540. The molecular formula is C14H24N2O2S2. The summed E-state index contributed by atoms with van der Waals surface area (Å²) in [5, 5.41) is 5.04. The van der Waals surface area contributed by atoms with Crippen molar-refractivity contribution in [1.82, 2.24) is 10.0 Å². The fraction of sp³-hybridized carbons (Fsp3) is 0.714. The zero-order valence-electron chi connectivity index (χ0n) is 12.4. The van der Waals surface area contributed by atoms with E-state index >= 15 is 0 Å². The van der Waals surface area contributed by atoms with Crippen LogP contribution in [0.5, 0.6) is 0 Å². The van der Waals surface area contributed by atoms with Crippen molar-refractivity contribution < 1.29 is 8.42 Å². The molecule has 0 saturated heterocycles. The molecule has 20 heavy (non-hydrogen) atoms. The Hall–Kier alpha value is -0.430. The predicted octanol–water partition coefficient (Wildman–Crippen LogP) is 2.86. The molecule has 0 bridgehead atoms. The molecule has 0 aromatic carbocycles. The molecule has 0 unspecified atom stereocenters. The summed E-state index contributed by atoms with van der Waals surface area (Å²) in [6.45, 7) is 6.92. The van der Waals surface area contributed by atoms with E-state index in [-0.39, 0.29) is 5.54 Å². The van der Waals surface area contributed by atoms with Gasteiger partial charge < -0.3 is 5.32 Å². The molecule has 114 valence electrons. The van der Waals surface area contributed by atoms with E-state index in [1.54, 1.807) is 11.4 Å². The van der Waals surface area contributed by atoms with Gasteiger partial charge in [-0.15, -0.1) is 11.3 Å². The summed E-state index contributed by atoms with van der Waals surface area (Å²) in [6.07, 6.45) is 3.88. The highest BCUT2D eigenvalue weighted by atomic mass is 32.2. The lowest BCUT2D eigenvalue weighted by atomic mass is 9.76. The highest BCUT2D eigenvalue weighted by molar-refractivity contribution is 7.89. The molecule has 2 rings (SSSR count). The topological polar surface area (TPSA) is 58.2 Å². The van der Waals surface area contributed by atoms with Crippen LogP contribution in [0.2, 0.25) is 0 Å². The van der Waals surface area contributed by atoms with Crippen LogP contribution >= 0.6 is 11.3 Å². The number of rotatable bonds is 7. The minimum atomic E-state index is -3.38. The summed E-state index contributed by atoms with van der Waals surface area (Å²) in [5.74, 6) is 0. The van der Waals surface area contributed by atoms with Crippen LogP contribution in [0.15, 0.2) is 16.3 Å². The van der Waals surface area contributed by atoms with Crippen molar-refractivity contribution in [3.63, 3.8) is 0 Å². The van der Waals surface area contributed by atoms with Crippen molar-refractivity contribution >= 4 is 21.4 Å². The highest BCUT2D eigenvalue weighted by Crippen LogP contribution is 2.36. The molecule has 1 saturated carbocycles. The van der Waals surface area contributed by atoms with Crippen molar-refractivity contribution in [3.05, 3.63) is 16.3 Å². The minimum Gasteiger partial charge on any atom is -0.310 e. The van der Waals surface area contributed by atoms with E-state index in [4.69, 9.17) is 0 Å². The highest BCUT2D eigenvalue weighted by Gasteiger charge is 2.39. The average Bonchev–Trinajstić information content (AvgIpc) is 2.81. The van der Waals surface area contributed by atoms with Crippen LogP contribution in [0, 0.1) is 0 Å². The molecule has 0 spiro atoms. The zero-order chi connectivity index (χ0) is 14.8. The first kappa shape index (κ1) is 15.9. The monoisotopic (exact) mass is 316 g/mol. The van der Waals surface area contributed by atoms with Gasteiger partial charge in [0.2, 0.25) is 10.0 Å². The molecule has 1 heterocycles. The van der Waals surface area contributed by atoms with Crippen LogP contribution in [-0.2, 0) is 16.6 Å². The van der Waals surface area contributed by atoms with Crippen molar-refractivity contribution in [2.45, 2.75) is 69.5 Å². The van der Waals surface area contributed by atoms with Gasteiger partial charge in [-0.25, -0.2) is 13.1 Å². The van der Waals surface area contributed by atoms with Gasteiger partial charge in [-0.3, -0.25) is 0 Å². The van der Waals surface area contributed by atoms with Gasteiger partial charge in [0.1, 0.15) is 0 Å². The van der Waals surface area contributed by atoms with E-state index in [2.05, 4.69) is 23.9 Å². The second-order valence-electron chi connectivity index (χ2n) is 5.88. The Morgan fingerprint density at radius 1 is 1.40 bits per heavy atom. The third-order valence-electron chi connectivity index (χ3n) is 3.96. The third-order valence-corrected chi connectivity index (χ3v) is 6.61. The van der Waals surface area contributed by atoms with E-state index in [1.165, 1.54) is 11.3 Å². The first-order valence-corrected chi connectivity index (χ1v) is 9.58. The number of nitrogens with one attached hydrogen (secondary N) is 2. The molecule has 0 atom stereocenters. The molecule has 1 aromatic rings. The maximum atomic E-state index is 12.4. The molecular weight excluding hydrogens is 292 g/mol. The summed E-state index contributed by atoms with van der Waals surface area (Å²) < 4.78 is 27.8. The largest absolute Gasteiger partial charge is 0.310 e. The van der Waals surface area contributed by atoms with Crippen molar-refractivity contribution in [2.24, 2.45) is 0 Å². The molecule has 1 aliphatic rings. The van der Waals surface area contributed by atoms with Crippen LogP contribution in [0.3, 0.4) is 0 Å². The van der Waals surface area contributed by atoms with E-state index in [0.717, 1.165) is 37.1 Å². The Morgan fingerprint density at radius 3 is 2.60 bits per heavy atom. The first-order chi connectivity index (χ1) is 9.37. The number of thiophene rings is 1. The number of sulfonamides is 1. The van der Waals surface area contributed by atoms with Crippen molar-refractivity contribution in [1.29, 1.82) is 0 Å². The van der Waals surface area contributed by atoms with E-state index < -0.39 is 10.0 Å². The Kier molecular flexibility index (Phi) is 4.89. The Labute approximate surface area is 126 Å². The summed E-state index contributed by atoms with van der Waals surface area (Å²) in [6, 6.07) is 2.18. The summed E-state index contributed by atoms with van der Waals surface area (Å²) in [5.41, 5.74) is -0.197. The predicted molar refractivity (Wildman–Crippen MR) is 83.5 cm³/mol. The van der Waals surface area contributed by atoms with Gasteiger partial charge >= 0.3 is 0 Å². The van der Waals surface area contributed by atoms with E-state index in [0.29, 0.717) is 10.9 Å². The Balaban J connectivity index is 2.06. The van der Waals surface area contributed by atoms with Crippen molar-refractivity contribution in [3.8, 4) is 0 Å². The summed E-state index contributed by atoms with van der Waals surface area (Å²) >= 11 is 1.50. The van der Waals surface area contributed by atoms with Gasteiger partial charge in [0.25, 0.3) is 0 Å². The van der Waals surface area contributed by atoms with Crippen LogP contribution in [-0.4, -0.2) is 20.0 Å². The standard InChI is InChI=1S/C14H24N2O2S2/c1-4-14(6-5-7-14)16-20(17,18)13-8-12(19-10-13)9-15-11(2)3/h8,10-11,15-16H,4-7,9H2,1-3H3. The van der Waals surface area contributed by atoms with Gasteiger partial charge in [0.05, 0.1) is 4.90 Å². The van der Waals surface area contributed by atoms with E-state index in [1.807, 2.05) is 6.92 Å². The van der Waals surface area contributed by atoms with Crippen LogP contribution in [0.25, 0.3) is 0 Å². The van der Waals surface area contributed by atoms with Crippen LogP contribution in [0.1, 0.15) is 51.3 Å². The normalized spacial score (nSPS) is 18.2. The SMILES string of the molecule is CCC1(NS(=O)(=O)c2csc(CNC(C)C)c2)CCC1. The number of hydrogen-bond acceptors (Lipinski definition) is 4. The van der Waals surface area contributed by atoms with Crippen molar-refractivity contribution in [2.75, 3.05) is 0 Å². The zero-order valence-corrected chi connectivity index (χ0v) is 14.0. The second-order valence-corrected chi connectivity index (χ2v) is 8.56.